The van der Waals surface area contributed by atoms with Crippen LogP contribution >= 0.6 is 0 Å². The van der Waals surface area contributed by atoms with E-state index in [0.717, 1.165) is 5.88 Å². The number of rotatable bonds is 3. The lowest BCUT2D eigenvalue weighted by atomic mass is 10.1. The van der Waals surface area contributed by atoms with Crippen molar-refractivity contribution in [2.75, 3.05) is 0 Å². The molecule has 2 nitrogen and oxygen atoms in total. The second-order valence-electron chi connectivity index (χ2n) is 3.58. The smallest absolute Gasteiger partial charge is 0.194 e. The number of ether oxygens (including phenoxy) is 1. The molecule has 1 N–H and O–H groups in total. The van der Waals surface area contributed by atoms with Crippen molar-refractivity contribution in [3.8, 4) is 5.88 Å². The molecule has 0 saturated carbocycles. The van der Waals surface area contributed by atoms with Gasteiger partial charge in [-0.2, -0.15) is 0 Å². The van der Waals surface area contributed by atoms with Gasteiger partial charge in [0.15, 0.2) is 5.88 Å². The highest BCUT2D eigenvalue weighted by molar-refractivity contribution is 5.29. The van der Waals surface area contributed by atoms with Crippen molar-refractivity contribution in [3.05, 3.63) is 17.8 Å². The van der Waals surface area contributed by atoms with Crippen LogP contribution in [0, 0.1) is 0 Å². The molecule has 1 aromatic heterocycles. The maximum Gasteiger partial charge on any atom is 0.194 e. The van der Waals surface area contributed by atoms with Gasteiger partial charge in [0.2, 0.25) is 0 Å². The Morgan fingerprint density at radius 2 is 1.92 bits per heavy atom. The summed E-state index contributed by atoms with van der Waals surface area (Å²) in [4.78, 5) is 3.10. The molecule has 0 unspecified atom stereocenters. The molecule has 0 fully saturated rings. The van der Waals surface area contributed by atoms with Gasteiger partial charge in [-0.1, -0.05) is 13.8 Å². The monoisotopic (exact) mass is 167 g/mol. The van der Waals surface area contributed by atoms with Crippen molar-refractivity contribution in [1.82, 2.24) is 4.98 Å². The van der Waals surface area contributed by atoms with Gasteiger partial charge in [0, 0.05) is 11.8 Å². The highest BCUT2D eigenvalue weighted by Gasteiger charge is 2.09. The van der Waals surface area contributed by atoms with Crippen molar-refractivity contribution in [1.29, 1.82) is 0 Å². The summed E-state index contributed by atoms with van der Waals surface area (Å²) in [5, 5.41) is 0. The summed E-state index contributed by atoms with van der Waals surface area (Å²) in [6.07, 6.45) is 2.16. The number of H-pyrrole nitrogens is 1. The van der Waals surface area contributed by atoms with E-state index in [-0.39, 0.29) is 6.10 Å². The topological polar surface area (TPSA) is 25.0 Å². The quantitative estimate of drug-likeness (QED) is 0.735. The highest BCUT2D eigenvalue weighted by Crippen LogP contribution is 2.25. The Hall–Kier alpha value is -0.920. The van der Waals surface area contributed by atoms with E-state index in [9.17, 15) is 0 Å². The zero-order chi connectivity index (χ0) is 9.14. The third-order valence-electron chi connectivity index (χ3n) is 1.72. The van der Waals surface area contributed by atoms with E-state index in [1.54, 1.807) is 0 Å². The minimum atomic E-state index is 0.237. The average molecular weight is 167 g/mol. The van der Waals surface area contributed by atoms with Gasteiger partial charge in [-0.3, -0.25) is 0 Å². The van der Waals surface area contributed by atoms with Gasteiger partial charge in [0.05, 0.1) is 6.10 Å². The minimum Gasteiger partial charge on any atom is -0.476 e. The first kappa shape index (κ1) is 9.17. The van der Waals surface area contributed by atoms with Gasteiger partial charge < -0.3 is 9.72 Å². The number of nitrogens with one attached hydrogen (secondary N) is 1. The van der Waals surface area contributed by atoms with Crippen LogP contribution in [0.15, 0.2) is 12.3 Å². The van der Waals surface area contributed by atoms with Crippen molar-refractivity contribution in [2.24, 2.45) is 0 Å². The molecule has 0 atom stereocenters. The number of aromatic nitrogens is 1. The third-order valence-corrected chi connectivity index (χ3v) is 1.72. The van der Waals surface area contributed by atoms with Gasteiger partial charge in [0.1, 0.15) is 0 Å². The van der Waals surface area contributed by atoms with Crippen LogP contribution in [0.4, 0.5) is 0 Å². The first-order valence-corrected chi connectivity index (χ1v) is 4.45. The maximum atomic E-state index is 5.59. The Balaban J connectivity index is 2.77. The molecule has 0 aliphatic rings. The molecular weight excluding hydrogens is 150 g/mol. The Labute approximate surface area is 73.9 Å². The predicted octanol–water partition coefficient (Wildman–Crippen LogP) is 2.93. The van der Waals surface area contributed by atoms with E-state index in [1.807, 2.05) is 20.0 Å². The zero-order valence-corrected chi connectivity index (χ0v) is 8.22. The summed E-state index contributed by atoms with van der Waals surface area (Å²) in [5.41, 5.74) is 1.25. The molecule has 0 aromatic carbocycles. The minimum absolute atomic E-state index is 0.237. The van der Waals surface area contributed by atoms with Crippen LogP contribution in [0.25, 0.3) is 0 Å². The largest absolute Gasteiger partial charge is 0.476 e. The molecule has 0 amide bonds. The normalized spacial score (nSPS) is 11.2. The molecule has 0 aliphatic carbocycles. The van der Waals surface area contributed by atoms with Crippen molar-refractivity contribution < 1.29 is 4.74 Å². The van der Waals surface area contributed by atoms with Crippen molar-refractivity contribution in [3.63, 3.8) is 0 Å². The van der Waals surface area contributed by atoms with Gasteiger partial charge in [-0.05, 0) is 25.8 Å². The van der Waals surface area contributed by atoms with Crippen LogP contribution in [0.1, 0.15) is 39.2 Å². The molecule has 1 rings (SSSR count). The van der Waals surface area contributed by atoms with Crippen molar-refractivity contribution >= 4 is 0 Å². The van der Waals surface area contributed by atoms with Crippen LogP contribution in [0.3, 0.4) is 0 Å². The van der Waals surface area contributed by atoms with Crippen LogP contribution in [0.2, 0.25) is 0 Å². The van der Waals surface area contributed by atoms with E-state index in [4.69, 9.17) is 4.74 Å². The van der Waals surface area contributed by atoms with E-state index >= 15 is 0 Å². The van der Waals surface area contributed by atoms with Crippen LogP contribution in [-0.4, -0.2) is 11.1 Å². The standard InChI is InChI=1S/C10H17NO/c1-7(2)9-5-6-11-10(9)12-8(3)4/h5-8,11H,1-4H3. The number of aromatic amines is 1. The van der Waals surface area contributed by atoms with Crippen molar-refractivity contribution in [2.45, 2.75) is 39.7 Å². The number of hydrogen-bond donors (Lipinski definition) is 1. The molecule has 0 radical (unpaired) electrons. The highest BCUT2D eigenvalue weighted by atomic mass is 16.5. The van der Waals surface area contributed by atoms with E-state index in [0.29, 0.717) is 5.92 Å². The molecule has 0 saturated heterocycles. The summed E-state index contributed by atoms with van der Waals surface area (Å²) in [5.74, 6) is 1.44. The fourth-order valence-electron chi connectivity index (χ4n) is 1.16. The third kappa shape index (κ3) is 2.03. The molecule has 0 spiro atoms. The molecule has 1 aromatic rings. The van der Waals surface area contributed by atoms with E-state index < -0.39 is 0 Å². The first-order valence-electron chi connectivity index (χ1n) is 4.45. The fraction of sp³-hybridized carbons (Fsp3) is 0.600. The summed E-state index contributed by atoms with van der Waals surface area (Å²) in [6.45, 7) is 8.39. The zero-order valence-electron chi connectivity index (χ0n) is 8.22. The van der Waals surface area contributed by atoms with Gasteiger partial charge in [-0.15, -0.1) is 0 Å². The average Bonchev–Trinajstić information content (AvgIpc) is 2.33. The summed E-state index contributed by atoms with van der Waals surface area (Å²) >= 11 is 0. The number of hydrogen-bond acceptors (Lipinski definition) is 1. The molecule has 0 bridgehead atoms. The Morgan fingerprint density at radius 1 is 1.25 bits per heavy atom. The summed E-state index contributed by atoms with van der Waals surface area (Å²) < 4.78 is 5.59. The lowest BCUT2D eigenvalue weighted by molar-refractivity contribution is 0.231. The molecule has 12 heavy (non-hydrogen) atoms. The van der Waals surface area contributed by atoms with E-state index in [1.165, 1.54) is 5.56 Å². The molecule has 0 aliphatic heterocycles. The van der Waals surface area contributed by atoms with Crippen LogP contribution in [0.5, 0.6) is 5.88 Å². The summed E-state index contributed by atoms with van der Waals surface area (Å²) in [6, 6.07) is 2.07. The van der Waals surface area contributed by atoms with E-state index in [2.05, 4.69) is 24.9 Å². The molecule has 68 valence electrons. The Kier molecular flexibility index (Phi) is 2.79. The summed E-state index contributed by atoms with van der Waals surface area (Å²) in [7, 11) is 0. The fourth-order valence-corrected chi connectivity index (χ4v) is 1.16. The van der Waals surface area contributed by atoms with Gasteiger partial charge in [-0.25, -0.2) is 0 Å². The SMILES string of the molecule is CC(C)Oc1[nH]ccc1C(C)C. The lowest BCUT2D eigenvalue weighted by Gasteiger charge is -2.11. The predicted molar refractivity (Wildman–Crippen MR) is 50.6 cm³/mol. The Morgan fingerprint density at radius 3 is 2.42 bits per heavy atom. The second kappa shape index (κ2) is 3.65. The first-order chi connectivity index (χ1) is 5.61. The van der Waals surface area contributed by atoms with Gasteiger partial charge in [0.25, 0.3) is 0 Å². The molecule has 2 heteroatoms. The molecule has 1 heterocycles. The van der Waals surface area contributed by atoms with Crippen LogP contribution < -0.4 is 4.74 Å². The lowest BCUT2D eigenvalue weighted by Crippen LogP contribution is -2.07. The second-order valence-corrected chi connectivity index (χ2v) is 3.58. The van der Waals surface area contributed by atoms with Crippen LogP contribution in [-0.2, 0) is 0 Å². The maximum absolute atomic E-state index is 5.59. The van der Waals surface area contributed by atoms with Gasteiger partial charge >= 0.3 is 0 Å². The Bertz CT molecular complexity index is 238. The molecular formula is C10H17NO.